The molecule has 1 heterocycles. The fourth-order valence-corrected chi connectivity index (χ4v) is 4.45. The van der Waals surface area contributed by atoms with Gasteiger partial charge in [-0.25, -0.2) is 0 Å². The minimum atomic E-state index is -4.98. The molecule has 0 spiro atoms. The molecule has 2 unspecified atom stereocenters. The first-order valence-corrected chi connectivity index (χ1v) is 12.4. The van der Waals surface area contributed by atoms with Crippen molar-refractivity contribution in [2.45, 2.75) is 44.6 Å². The molecule has 8 nitrogen and oxygen atoms in total. The van der Waals surface area contributed by atoms with Crippen molar-refractivity contribution in [3.63, 3.8) is 0 Å². The van der Waals surface area contributed by atoms with Gasteiger partial charge in [-0.15, -0.1) is 0 Å². The van der Waals surface area contributed by atoms with Gasteiger partial charge in [0, 0.05) is 13.3 Å². The number of hydrogen-bond donors (Lipinski definition) is 2. The van der Waals surface area contributed by atoms with Crippen molar-refractivity contribution < 1.29 is 37.4 Å². The van der Waals surface area contributed by atoms with Crippen molar-refractivity contribution in [2.75, 3.05) is 20.3 Å². The molecule has 3 rings (SSSR count). The van der Waals surface area contributed by atoms with Crippen molar-refractivity contribution in [2.24, 2.45) is 5.92 Å². The zero-order valence-electron chi connectivity index (χ0n) is 21.9. The van der Waals surface area contributed by atoms with Crippen LogP contribution in [0.4, 0.5) is 13.2 Å². The fraction of sp³-hybridized carbons (Fsp3) is 0.393. The Morgan fingerprint density at radius 3 is 2.18 bits per heavy atom. The lowest BCUT2D eigenvalue weighted by atomic mass is 9.96. The fourth-order valence-electron chi connectivity index (χ4n) is 4.45. The molecule has 210 valence electrons. The predicted octanol–water partition coefficient (Wildman–Crippen LogP) is 2.98. The first kappa shape index (κ1) is 29.9. The molecular weight excluding hydrogens is 515 g/mol. The first-order valence-electron chi connectivity index (χ1n) is 12.4. The van der Waals surface area contributed by atoms with Crippen LogP contribution in [0, 0.1) is 5.92 Å². The Morgan fingerprint density at radius 1 is 1.05 bits per heavy atom. The molecule has 39 heavy (non-hydrogen) atoms. The van der Waals surface area contributed by atoms with Gasteiger partial charge < -0.3 is 20.1 Å². The molecule has 1 aliphatic heterocycles. The zero-order chi connectivity index (χ0) is 28.7. The average Bonchev–Trinajstić information content (AvgIpc) is 2.89. The second-order valence-corrected chi connectivity index (χ2v) is 9.58. The smallest absolute Gasteiger partial charge is 0.382 e. The highest BCUT2D eigenvalue weighted by atomic mass is 19.4. The number of halogens is 3. The second-order valence-electron chi connectivity index (χ2n) is 9.58. The quantitative estimate of drug-likeness (QED) is 0.477. The number of aliphatic hydroxyl groups excluding tert-OH is 1. The van der Waals surface area contributed by atoms with Gasteiger partial charge in [-0.3, -0.25) is 19.3 Å². The largest absolute Gasteiger partial charge is 0.416 e. The summed E-state index contributed by atoms with van der Waals surface area (Å²) in [6.45, 7) is 2.59. The van der Waals surface area contributed by atoms with E-state index in [-0.39, 0.29) is 24.6 Å². The van der Waals surface area contributed by atoms with E-state index in [0.717, 1.165) is 4.90 Å². The van der Waals surface area contributed by atoms with Crippen molar-refractivity contribution in [1.29, 1.82) is 0 Å². The molecule has 3 amide bonds. The Hall–Kier alpha value is -3.70. The molecule has 2 N–H and O–H groups in total. The summed E-state index contributed by atoms with van der Waals surface area (Å²) < 4.78 is 45.3. The number of aliphatic hydroxyl groups is 1. The standard InChI is InChI=1S/C28H32F3N3O5/c1-18(2)25-27(38)33(22(20-12-8-5-9-13-20)15-34(25)24(36)17-39-3)16-23(35)32-21(26(37)28(29,30)31)14-19-10-6-4-7-11-19/h4-13,15,18,21,25-26,37H,14,16-17H2,1-3H3,(H,32,35)/t21?,25-,26?/m1/s1. The summed E-state index contributed by atoms with van der Waals surface area (Å²) in [7, 11) is 1.35. The SMILES string of the molecule is COCC(=O)N1C=C(c2ccccc2)N(CC(=O)NC(Cc2ccccc2)C(O)C(F)(F)F)C(=O)[C@H]1C(C)C. The molecule has 1 aliphatic rings. The summed E-state index contributed by atoms with van der Waals surface area (Å²) in [5, 5.41) is 12.3. The number of amides is 3. The van der Waals surface area contributed by atoms with Crippen LogP contribution in [0.5, 0.6) is 0 Å². The van der Waals surface area contributed by atoms with Crippen molar-refractivity contribution >= 4 is 23.4 Å². The van der Waals surface area contributed by atoms with Crippen LogP contribution in [0.15, 0.2) is 66.9 Å². The summed E-state index contributed by atoms with van der Waals surface area (Å²) >= 11 is 0. The zero-order valence-corrected chi connectivity index (χ0v) is 21.9. The molecule has 0 aromatic heterocycles. The number of alkyl halides is 3. The van der Waals surface area contributed by atoms with Gasteiger partial charge in [0.05, 0.1) is 11.7 Å². The number of methoxy groups -OCH3 is 1. The maximum absolute atomic E-state index is 13.7. The van der Waals surface area contributed by atoms with Gasteiger partial charge in [0.25, 0.3) is 11.8 Å². The molecule has 3 atom stereocenters. The summed E-state index contributed by atoms with van der Waals surface area (Å²) in [5.41, 5.74) is 1.23. The Bertz CT molecular complexity index is 1170. The third kappa shape index (κ3) is 7.45. The van der Waals surface area contributed by atoms with Crippen LogP contribution in [0.3, 0.4) is 0 Å². The number of carbonyl (C=O) groups is 3. The third-order valence-corrected chi connectivity index (χ3v) is 6.29. The summed E-state index contributed by atoms with van der Waals surface area (Å²) in [6.07, 6.45) is -6.62. The second kappa shape index (κ2) is 12.9. The van der Waals surface area contributed by atoms with Gasteiger partial charge in [-0.2, -0.15) is 13.2 Å². The average molecular weight is 548 g/mol. The molecule has 2 aromatic rings. The normalized spacial score (nSPS) is 17.6. The Labute approximate surface area is 225 Å². The Kier molecular flexibility index (Phi) is 9.87. The van der Waals surface area contributed by atoms with Gasteiger partial charge in [-0.1, -0.05) is 74.5 Å². The van der Waals surface area contributed by atoms with E-state index < -0.39 is 48.6 Å². The lowest BCUT2D eigenvalue weighted by Gasteiger charge is -2.41. The van der Waals surface area contributed by atoms with Crippen molar-refractivity contribution in [1.82, 2.24) is 15.1 Å². The molecular formula is C28H32F3N3O5. The van der Waals surface area contributed by atoms with Crippen molar-refractivity contribution in [3.05, 3.63) is 78.0 Å². The highest BCUT2D eigenvalue weighted by Crippen LogP contribution is 2.30. The van der Waals surface area contributed by atoms with Crippen LogP contribution < -0.4 is 5.32 Å². The first-order chi connectivity index (χ1) is 18.4. The van der Waals surface area contributed by atoms with Gasteiger partial charge >= 0.3 is 6.18 Å². The number of nitrogens with zero attached hydrogens (tertiary/aromatic N) is 2. The molecule has 0 bridgehead atoms. The highest BCUT2D eigenvalue weighted by Gasteiger charge is 2.45. The molecule has 0 saturated carbocycles. The van der Waals surface area contributed by atoms with Gasteiger partial charge in [0.2, 0.25) is 5.91 Å². The van der Waals surface area contributed by atoms with Gasteiger partial charge in [-0.05, 0) is 23.5 Å². The van der Waals surface area contributed by atoms with Crippen LogP contribution in [0.1, 0.15) is 25.0 Å². The predicted molar refractivity (Wildman–Crippen MR) is 138 cm³/mol. The van der Waals surface area contributed by atoms with Crippen LogP contribution in [-0.4, -0.2) is 77.3 Å². The lowest BCUT2D eigenvalue weighted by molar-refractivity contribution is -0.212. The van der Waals surface area contributed by atoms with Crippen LogP contribution in [0.2, 0.25) is 0 Å². The number of ether oxygens (including phenoxy) is 1. The lowest BCUT2D eigenvalue weighted by Crippen LogP contribution is -2.58. The molecule has 0 saturated heterocycles. The van der Waals surface area contributed by atoms with E-state index in [1.54, 1.807) is 74.5 Å². The topological polar surface area (TPSA) is 99.2 Å². The van der Waals surface area contributed by atoms with Gasteiger partial charge in [0.1, 0.15) is 19.2 Å². The molecule has 0 radical (unpaired) electrons. The van der Waals surface area contributed by atoms with E-state index >= 15 is 0 Å². The van der Waals surface area contributed by atoms with Crippen LogP contribution in [0.25, 0.3) is 5.70 Å². The van der Waals surface area contributed by atoms with E-state index in [2.05, 4.69) is 5.32 Å². The number of hydrogen-bond acceptors (Lipinski definition) is 5. The van der Waals surface area contributed by atoms with Crippen molar-refractivity contribution in [3.8, 4) is 0 Å². The third-order valence-electron chi connectivity index (χ3n) is 6.29. The molecule has 2 aromatic carbocycles. The highest BCUT2D eigenvalue weighted by molar-refractivity contribution is 6.00. The van der Waals surface area contributed by atoms with E-state index in [4.69, 9.17) is 4.74 Å². The van der Waals surface area contributed by atoms with Crippen LogP contribution >= 0.6 is 0 Å². The minimum Gasteiger partial charge on any atom is -0.382 e. The maximum atomic E-state index is 13.7. The monoisotopic (exact) mass is 547 g/mol. The van der Waals surface area contributed by atoms with E-state index in [9.17, 15) is 32.7 Å². The summed E-state index contributed by atoms with van der Waals surface area (Å²) in [4.78, 5) is 42.1. The number of carbonyl (C=O) groups excluding carboxylic acids is 3. The molecule has 11 heteroatoms. The van der Waals surface area contributed by atoms with E-state index in [1.165, 1.54) is 18.2 Å². The Morgan fingerprint density at radius 2 is 1.64 bits per heavy atom. The summed E-state index contributed by atoms with van der Waals surface area (Å²) in [5.74, 6) is -2.27. The van der Waals surface area contributed by atoms with Crippen LogP contribution in [-0.2, 0) is 25.5 Å². The number of benzene rings is 2. The van der Waals surface area contributed by atoms with E-state index in [1.807, 2.05) is 0 Å². The summed E-state index contributed by atoms with van der Waals surface area (Å²) in [6, 6.07) is 14.0. The van der Waals surface area contributed by atoms with E-state index in [0.29, 0.717) is 11.1 Å². The minimum absolute atomic E-state index is 0.230. The van der Waals surface area contributed by atoms with Gasteiger partial charge in [0.15, 0.2) is 6.10 Å². The number of nitrogens with one attached hydrogen (secondary N) is 1. The molecule has 0 fully saturated rings. The number of rotatable bonds is 10. The maximum Gasteiger partial charge on any atom is 0.416 e. The molecule has 0 aliphatic carbocycles. The Balaban J connectivity index is 1.95.